The van der Waals surface area contributed by atoms with Gasteiger partial charge in [0.1, 0.15) is 0 Å². The summed E-state index contributed by atoms with van der Waals surface area (Å²) in [5, 5.41) is 1.14. The molecular formula is C21H24N2O. The van der Waals surface area contributed by atoms with Gasteiger partial charge in [-0.15, -0.1) is 0 Å². The number of fused-ring (bicyclic) bond motifs is 1. The van der Waals surface area contributed by atoms with E-state index in [4.69, 9.17) is 0 Å². The van der Waals surface area contributed by atoms with Crippen molar-refractivity contribution in [1.82, 2.24) is 9.55 Å². The number of benzene rings is 1. The van der Waals surface area contributed by atoms with Crippen LogP contribution in [0.2, 0.25) is 0 Å². The van der Waals surface area contributed by atoms with Crippen LogP contribution in [0.1, 0.15) is 59.7 Å². The zero-order valence-electron chi connectivity index (χ0n) is 15.1. The molecule has 0 bridgehead atoms. The molecule has 0 aliphatic heterocycles. The van der Waals surface area contributed by atoms with Gasteiger partial charge in [0.05, 0.1) is 23.4 Å². The molecule has 0 fully saturated rings. The van der Waals surface area contributed by atoms with E-state index < -0.39 is 0 Å². The summed E-state index contributed by atoms with van der Waals surface area (Å²) < 4.78 is 2.13. The average Bonchev–Trinajstić information content (AvgIpc) is 2.85. The van der Waals surface area contributed by atoms with Crippen molar-refractivity contribution in [3.63, 3.8) is 0 Å². The van der Waals surface area contributed by atoms with Gasteiger partial charge in [0.15, 0.2) is 5.78 Å². The minimum atomic E-state index is 0.0891. The summed E-state index contributed by atoms with van der Waals surface area (Å²) in [6.07, 6.45) is 0. The van der Waals surface area contributed by atoms with E-state index in [0.29, 0.717) is 12.5 Å². The van der Waals surface area contributed by atoms with Gasteiger partial charge >= 0.3 is 0 Å². The van der Waals surface area contributed by atoms with Crippen LogP contribution in [0, 0.1) is 13.8 Å². The molecule has 0 radical (unpaired) electrons. The summed E-state index contributed by atoms with van der Waals surface area (Å²) in [4.78, 5) is 16.8. The van der Waals surface area contributed by atoms with Gasteiger partial charge in [0.25, 0.3) is 0 Å². The highest BCUT2D eigenvalue weighted by atomic mass is 16.1. The van der Waals surface area contributed by atoms with Gasteiger partial charge in [-0.3, -0.25) is 9.78 Å². The Morgan fingerprint density at radius 3 is 2.54 bits per heavy atom. The summed E-state index contributed by atoms with van der Waals surface area (Å²) in [5.74, 6) is 0.484. The third-order valence-corrected chi connectivity index (χ3v) is 4.41. The van der Waals surface area contributed by atoms with E-state index in [9.17, 15) is 4.79 Å². The molecule has 0 aliphatic rings. The first-order valence-electron chi connectivity index (χ1n) is 8.44. The minimum absolute atomic E-state index is 0.0891. The first kappa shape index (κ1) is 16.4. The number of hydrogen-bond donors (Lipinski definition) is 0. The van der Waals surface area contributed by atoms with Gasteiger partial charge in [-0.05, 0) is 49.6 Å². The van der Waals surface area contributed by atoms with Crippen LogP contribution in [0.15, 0.2) is 36.4 Å². The van der Waals surface area contributed by atoms with Crippen molar-refractivity contribution in [3.05, 3.63) is 64.6 Å². The molecule has 0 aliphatic carbocycles. The first-order valence-corrected chi connectivity index (χ1v) is 8.44. The molecule has 24 heavy (non-hydrogen) atoms. The Balaban J connectivity index is 2.27. The SMILES string of the molecule is CC(=O)c1cc2cc(C)cc(C(C)C)c2n1Cc1cccc(C)n1. The Bertz CT molecular complexity index is 919. The van der Waals surface area contributed by atoms with Gasteiger partial charge in [0, 0.05) is 18.0 Å². The van der Waals surface area contributed by atoms with Crippen molar-refractivity contribution in [2.75, 3.05) is 0 Å². The van der Waals surface area contributed by atoms with E-state index in [1.807, 2.05) is 31.2 Å². The summed E-state index contributed by atoms with van der Waals surface area (Å²) in [6.45, 7) is 10.7. The molecule has 3 nitrogen and oxygen atoms in total. The number of Topliss-reactive ketones (excluding diaryl/α,β-unsaturated/α-hetero) is 1. The van der Waals surface area contributed by atoms with E-state index in [2.05, 4.69) is 42.5 Å². The Hall–Kier alpha value is -2.42. The molecular weight excluding hydrogens is 296 g/mol. The molecule has 124 valence electrons. The third-order valence-electron chi connectivity index (χ3n) is 4.41. The van der Waals surface area contributed by atoms with Gasteiger partial charge in [-0.25, -0.2) is 0 Å². The number of nitrogens with zero attached hydrogens (tertiary/aromatic N) is 2. The standard InChI is InChI=1S/C21H24N2O/c1-13(2)19-10-14(3)9-17-11-20(16(5)24)23(21(17)19)12-18-8-6-7-15(4)22-18/h6-11,13H,12H2,1-5H3. The molecule has 0 amide bonds. The monoisotopic (exact) mass is 320 g/mol. The highest BCUT2D eigenvalue weighted by Crippen LogP contribution is 2.31. The Morgan fingerprint density at radius 1 is 1.17 bits per heavy atom. The first-order chi connectivity index (χ1) is 11.4. The fourth-order valence-electron chi connectivity index (χ4n) is 3.35. The average molecular weight is 320 g/mol. The van der Waals surface area contributed by atoms with Crippen molar-refractivity contribution in [3.8, 4) is 0 Å². The molecule has 3 rings (SSSR count). The molecule has 3 aromatic rings. The van der Waals surface area contributed by atoms with Gasteiger partial charge < -0.3 is 4.57 Å². The van der Waals surface area contributed by atoms with Crippen LogP contribution in [-0.4, -0.2) is 15.3 Å². The van der Waals surface area contributed by atoms with Crippen molar-refractivity contribution >= 4 is 16.7 Å². The van der Waals surface area contributed by atoms with Crippen LogP contribution in [0.4, 0.5) is 0 Å². The lowest BCUT2D eigenvalue weighted by atomic mass is 9.98. The lowest BCUT2D eigenvalue weighted by molar-refractivity contribution is 0.101. The van der Waals surface area contributed by atoms with E-state index in [1.54, 1.807) is 6.92 Å². The van der Waals surface area contributed by atoms with Crippen molar-refractivity contribution in [2.45, 2.75) is 47.1 Å². The highest BCUT2D eigenvalue weighted by Gasteiger charge is 2.18. The maximum Gasteiger partial charge on any atom is 0.176 e. The summed E-state index contributed by atoms with van der Waals surface area (Å²) in [5.41, 5.74) is 6.39. The lowest BCUT2D eigenvalue weighted by Crippen LogP contribution is -2.10. The Labute approximate surface area is 143 Å². The molecule has 0 saturated heterocycles. The third kappa shape index (κ3) is 2.99. The van der Waals surface area contributed by atoms with Gasteiger partial charge in [0.2, 0.25) is 0 Å². The maximum absolute atomic E-state index is 12.2. The fraction of sp³-hybridized carbons (Fsp3) is 0.333. The normalized spacial score (nSPS) is 11.4. The number of hydrogen-bond acceptors (Lipinski definition) is 2. The van der Waals surface area contributed by atoms with Crippen molar-refractivity contribution < 1.29 is 4.79 Å². The quantitative estimate of drug-likeness (QED) is 0.632. The van der Waals surface area contributed by atoms with E-state index in [0.717, 1.165) is 28.0 Å². The number of aryl methyl sites for hydroxylation is 2. The van der Waals surface area contributed by atoms with Crippen LogP contribution in [0.25, 0.3) is 10.9 Å². The number of aromatic nitrogens is 2. The van der Waals surface area contributed by atoms with Crippen LogP contribution < -0.4 is 0 Å². The highest BCUT2D eigenvalue weighted by molar-refractivity contribution is 5.99. The molecule has 0 spiro atoms. The minimum Gasteiger partial charge on any atom is -0.332 e. The largest absolute Gasteiger partial charge is 0.332 e. The van der Waals surface area contributed by atoms with E-state index in [-0.39, 0.29) is 5.78 Å². The molecule has 2 aromatic heterocycles. The molecule has 2 heterocycles. The number of carbonyl (C=O) groups excluding carboxylic acids is 1. The molecule has 0 atom stereocenters. The summed E-state index contributed by atoms with van der Waals surface area (Å²) >= 11 is 0. The fourth-order valence-corrected chi connectivity index (χ4v) is 3.35. The second-order valence-corrected chi connectivity index (χ2v) is 6.89. The van der Waals surface area contributed by atoms with Crippen LogP contribution in [0.3, 0.4) is 0 Å². The molecule has 0 unspecified atom stereocenters. The predicted octanol–water partition coefficient (Wildman–Crippen LogP) is 5.03. The Kier molecular flexibility index (Phi) is 4.27. The number of pyridine rings is 1. The summed E-state index contributed by atoms with van der Waals surface area (Å²) in [6, 6.07) is 12.4. The number of carbonyl (C=O) groups is 1. The summed E-state index contributed by atoms with van der Waals surface area (Å²) in [7, 11) is 0. The van der Waals surface area contributed by atoms with Crippen molar-refractivity contribution in [1.29, 1.82) is 0 Å². The van der Waals surface area contributed by atoms with Gasteiger partial charge in [-0.1, -0.05) is 31.5 Å². The second-order valence-electron chi connectivity index (χ2n) is 6.89. The Morgan fingerprint density at radius 2 is 1.92 bits per heavy atom. The predicted molar refractivity (Wildman–Crippen MR) is 98.8 cm³/mol. The van der Waals surface area contributed by atoms with Crippen LogP contribution >= 0.6 is 0 Å². The van der Waals surface area contributed by atoms with E-state index >= 15 is 0 Å². The number of ketones is 1. The van der Waals surface area contributed by atoms with Crippen LogP contribution in [0.5, 0.6) is 0 Å². The maximum atomic E-state index is 12.2. The van der Waals surface area contributed by atoms with Gasteiger partial charge in [-0.2, -0.15) is 0 Å². The van der Waals surface area contributed by atoms with Crippen molar-refractivity contribution in [2.24, 2.45) is 0 Å². The smallest absolute Gasteiger partial charge is 0.176 e. The molecule has 1 aromatic carbocycles. The van der Waals surface area contributed by atoms with E-state index in [1.165, 1.54) is 11.1 Å². The topological polar surface area (TPSA) is 34.9 Å². The molecule has 0 N–H and O–H groups in total. The number of rotatable bonds is 4. The molecule has 0 saturated carbocycles. The zero-order chi connectivity index (χ0) is 17.4. The van der Waals surface area contributed by atoms with Crippen LogP contribution in [-0.2, 0) is 6.54 Å². The molecule has 3 heteroatoms. The zero-order valence-corrected chi connectivity index (χ0v) is 15.1. The second kappa shape index (κ2) is 6.23. The lowest BCUT2D eigenvalue weighted by Gasteiger charge is -2.15.